The Bertz CT molecular complexity index is 364. The lowest BCUT2D eigenvalue weighted by molar-refractivity contribution is 0.00277. The molecule has 1 saturated heterocycles. The lowest BCUT2D eigenvalue weighted by Crippen LogP contribution is -2.44. The minimum atomic E-state index is -0.817. The zero-order valence-corrected chi connectivity index (χ0v) is 11.2. The molecule has 1 aliphatic heterocycles. The number of aliphatic hydroxyl groups is 1. The van der Waals surface area contributed by atoms with Crippen molar-refractivity contribution in [3.8, 4) is 0 Å². The maximum Gasteiger partial charge on any atom is 0.0992 e. The van der Waals surface area contributed by atoms with E-state index < -0.39 is 5.60 Å². The maximum atomic E-state index is 10.5. The third-order valence-corrected chi connectivity index (χ3v) is 3.62. The van der Waals surface area contributed by atoms with Crippen LogP contribution in [0, 0.1) is 0 Å². The van der Waals surface area contributed by atoms with E-state index in [1.807, 2.05) is 37.3 Å². The van der Waals surface area contributed by atoms with Crippen LogP contribution in [-0.2, 0) is 10.3 Å². The molecule has 2 rings (SSSR count). The summed E-state index contributed by atoms with van der Waals surface area (Å²) in [7, 11) is 0. The second-order valence-electron chi connectivity index (χ2n) is 5.42. The van der Waals surface area contributed by atoms with Crippen LogP contribution in [-0.4, -0.2) is 30.4 Å². The van der Waals surface area contributed by atoms with Gasteiger partial charge in [0.05, 0.1) is 11.7 Å². The number of benzene rings is 1. The van der Waals surface area contributed by atoms with Crippen LogP contribution in [0.3, 0.4) is 0 Å². The average molecular weight is 249 g/mol. The summed E-state index contributed by atoms with van der Waals surface area (Å²) in [6.45, 7) is 5.35. The molecule has 18 heavy (non-hydrogen) atoms. The Morgan fingerprint density at radius 3 is 2.78 bits per heavy atom. The van der Waals surface area contributed by atoms with E-state index in [0.29, 0.717) is 18.7 Å². The molecule has 0 aromatic heterocycles. The molecule has 2 N–H and O–H groups in total. The van der Waals surface area contributed by atoms with Crippen LogP contribution in [0.15, 0.2) is 30.3 Å². The summed E-state index contributed by atoms with van der Waals surface area (Å²) < 4.78 is 5.52. The van der Waals surface area contributed by atoms with Crippen molar-refractivity contribution >= 4 is 0 Å². The van der Waals surface area contributed by atoms with Gasteiger partial charge in [0, 0.05) is 19.2 Å². The fourth-order valence-electron chi connectivity index (χ4n) is 2.43. The van der Waals surface area contributed by atoms with Crippen molar-refractivity contribution in [2.45, 2.75) is 44.4 Å². The Morgan fingerprint density at radius 2 is 2.11 bits per heavy atom. The molecule has 3 atom stereocenters. The molecule has 0 amide bonds. The molecule has 1 aliphatic rings. The van der Waals surface area contributed by atoms with Gasteiger partial charge in [0.1, 0.15) is 0 Å². The minimum Gasteiger partial charge on any atom is -0.384 e. The van der Waals surface area contributed by atoms with Crippen molar-refractivity contribution < 1.29 is 9.84 Å². The first kappa shape index (κ1) is 13.5. The number of hydrogen-bond acceptors (Lipinski definition) is 3. The fourth-order valence-corrected chi connectivity index (χ4v) is 2.43. The SMILES string of the molecule is CC1CC(NCC(C)(O)c2ccccc2)CCO1. The summed E-state index contributed by atoms with van der Waals surface area (Å²) in [4.78, 5) is 0. The number of hydrogen-bond donors (Lipinski definition) is 2. The van der Waals surface area contributed by atoms with E-state index >= 15 is 0 Å². The highest BCUT2D eigenvalue weighted by Gasteiger charge is 2.25. The van der Waals surface area contributed by atoms with Crippen molar-refractivity contribution in [3.63, 3.8) is 0 Å². The zero-order valence-electron chi connectivity index (χ0n) is 11.2. The lowest BCUT2D eigenvalue weighted by Gasteiger charge is -2.32. The van der Waals surface area contributed by atoms with Gasteiger partial charge in [-0.2, -0.15) is 0 Å². The van der Waals surface area contributed by atoms with E-state index in [0.717, 1.165) is 25.0 Å². The van der Waals surface area contributed by atoms with E-state index in [2.05, 4.69) is 12.2 Å². The van der Waals surface area contributed by atoms with Crippen LogP contribution in [0.4, 0.5) is 0 Å². The van der Waals surface area contributed by atoms with Gasteiger partial charge < -0.3 is 15.2 Å². The van der Waals surface area contributed by atoms with Gasteiger partial charge in [-0.05, 0) is 32.3 Å². The van der Waals surface area contributed by atoms with E-state index in [1.54, 1.807) is 0 Å². The van der Waals surface area contributed by atoms with Gasteiger partial charge in [0.15, 0.2) is 0 Å². The number of nitrogens with one attached hydrogen (secondary N) is 1. The van der Waals surface area contributed by atoms with Crippen LogP contribution in [0.1, 0.15) is 32.3 Å². The van der Waals surface area contributed by atoms with Gasteiger partial charge in [0.2, 0.25) is 0 Å². The largest absolute Gasteiger partial charge is 0.384 e. The Hall–Kier alpha value is -0.900. The molecule has 0 radical (unpaired) electrons. The molecule has 1 aromatic rings. The van der Waals surface area contributed by atoms with Crippen molar-refractivity contribution in [1.82, 2.24) is 5.32 Å². The van der Waals surface area contributed by atoms with Crippen LogP contribution >= 0.6 is 0 Å². The normalized spacial score (nSPS) is 27.7. The highest BCUT2D eigenvalue weighted by atomic mass is 16.5. The van der Waals surface area contributed by atoms with E-state index in [-0.39, 0.29) is 0 Å². The van der Waals surface area contributed by atoms with Crippen LogP contribution < -0.4 is 5.32 Å². The van der Waals surface area contributed by atoms with Gasteiger partial charge in [-0.15, -0.1) is 0 Å². The predicted molar refractivity (Wildman–Crippen MR) is 72.5 cm³/mol. The molecule has 1 aromatic carbocycles. The minimum absolute atomic E-state index is 0.318. The lowest BCUT2D eigenvalue weighted by atomic mass is 9.95. The molecule has 1 heterocycles. The van der Waals surface area contributed by atoms with E-state index in [1.165, 1.54) is 0 Å². The van der Waals surface area contributed by atoms with Crippen molar-refractivity contribution in [2.75, 3.05) is 13.2 Å². The van der Waals surface area contributed by atoms with E-state index in [9.17, 15) is 5.11 Å². The Kier molecular flexibility index (Phi) is 4.38. The van der Waals surface area contributed by atoms with Gasteiger partial charge in [0.25, 0.3) is 0 Å². The first-order valence-electron chi connectivity index (χ1n) is 6.71. The van der Waals surface area contributed by atoms with Gasteiger partial charge in [-0.25, -0.2) is 0 Å². The monoisotopic (exact) mass is 249 g/mol. The first-order chi connectivity index (χ1) is 8.58. The van der Waals surface area contributed by atoms with Gasteiger partial charge >= 0.3 is 0 Å². The molecule has 1 fully saturated rings. The molecule has 0 bridgehead atoms. The van der Waals surface area contributed by atoms with Crippen LogP contribution in [0.25, 0.3) is 0 Å². The van der Waals surface area contributed by atoms with E-state index in [4.69, 9.17) is 4.74 Å². The molecule has 0 spiro atoms. The highest BCUT2D eigenvalue weighted by molar-refractivity contribution is 5.21. The predicted octanol–water partition coefficient (Wildman–Crippen LogP) is 2.05. The molecule has 0 saturated carbocycles. The first-order valence-corrected chi connectivity index (χ1v) is 6.71. The third kappa shape index (κ3) is 3.55. The Morgan fingerprint density at radius 1 is 1.39 bits per heavy atom. The fraction of sp³-hybridized carbons (Fsp3) is 0.600. The van der Waals surface area contributed by atoms with Crippen molar-refractivity contribution in [3.05, 3.63) is 35.9 Å². The highest BCUT2D eigenvalue weighted by Crippen LogP contribution is 2.20. The second kappa shape index (κ2) is 5.83. The zero-order chi connectivity index (χ0) is 13.0. The van der Waals surface area contributed by atoms with Crippen molar-refractivity contribution in [1.29, 1.82) is 0 Å². The molecule has 3 heteroatoms. The second-order valence-corrected chi connectivity index (χ2v) is 5.42. The van der Waals surface area contributed by atoms with Gasteiger partial charge in [-0.1, -0.05) is 30.3 Å². The molecule has 100 valence electrons. The van der Waals surface area contributed by atoms with Gasteiger partial charge in [-0.3, -0.25) is 0 Å². The summed E-state index contributed by atoms with van der Waals surface area (Å²) in [5.74, 6) is 0. The smallest absolute Gasteiger partial charge is 0.0992 e. The standard InChI is InChI=1S/C15H23NO2/c1-12-10-14(8-9-18-12)16-11-15(2,17)13-6-4-3-5-7-13/h3-7,12,14,16-17H,8-11H2,1-2H3. The number of rotatable bonds is 4. The molecule has 3 nitrogen and oxygen atoms in total. The van der Waals surface area contributed by atoms with Crippen molar-refractivity contribution in [2.24, 2.45) is 0 Å². The number of ether oxygens (including phenoxy) is 1. The molecular formula is C15H23NO2. The summed E-state index contributed by atoms with van der Waals surface area (Å²) >= 11 is 0. The summed E-state index contributed by atoms with van der Waals surface area (Å²) in [6.07, 6.45) is 2.36. The summed E-state index contributed by atoms with van der Waals surface area (Å²) in [5.41, 5.74) is 0.139. The van der Waals surface area contributed by atoms with Crippen LogP contribution in [0.5, 0.6) is 0 Å². The molecule has 3 unspecified atom stereocenters. The Balaban J connectivity index is 1.89. The Labute approximate surface area is 109 Å². The maximum absolute atomic E-state index is 10.5. The summed E-state index contributed by atoms with van der Waals surface area (Å²) in [6, 6.07) is 10.3. The summed E-state index contributed by atoms with van der Waals surface area (Å²) in [5, 5.41) is 13.9. The topological polar surface area (TPSA) is 41.5 Å². The third-order valence-electron chi connectivity index (χ3n) is 3.62. The molecular weight excluding hydrogens is 226 g/mol. The quantitative estimate of drug-likeness (QED) is 0.858. The van der Waals surface area contributed by atoms with Crippen LogP contribution in [0.2, 0.25) is 0 Å². The molecule has 0 aliphatic carbocycles. The average Bonchev–Trinajstić information content (AvgIpc) is 2.38.